The molecule has 21 heavy (non-hydrogen) atoms. The molecule has 2 rings (SSSR count). The van der Waals surface area contributed by atoms with Crippen LogP contribution in [0.3, 0.4) is 0 Å². The lowest BCUT2D eigenvalue weighted by Gasteiger charge is -2.11. The Hall–Kier alpha value is -2.30. The van der Waals surface area contributed by atoms with Crippen LogP contribution in [0.15, 0.2) is 30.5 Å². The Balaban J connectivity index is 2.13. The zero-order valence-corrected chi connectivity index (χ0v) is 12.7. The van der Waals surface area contributed by atoms with E-state index in [1.807, 2.05) is 32.2 Å². The molecule has 1 heterocycles. The molecule has 0 radical (unpaired) electrons. The number of para-hydroxylation sites is 1. The van der Waals surface area contributed by atoms with Crippen LogP contribution in [0.5, 0.6) is 5.75 Å². The fourth-order valence-electron chi connectivity index (χ4n) is 1.92. The van der Waals surface area contributed by atoms with Gasteiger partial charge in [-0.1, -0.05) is 25.5 Å². The molecule has 0 saturated carbocycles. The quantitative estimate of drug-likeness (QED) is 0.830. The van der Waals surface area contributed by atoms with E-state index in [0.717, 1.165) is 18.5 Å². The van der Waals surface area contributed by atoms with Crippen LogP contribution in [0.2, 0.25) is 0 Å². The van der Waals surface area contributed by atoms with E-state index >= 15 is 0 Å². The number of aromatic nitrogens is 2. The molecule has 1 aromatic heterocycles. The minimum Gasteiger partial charge on any atom is -0.493 e. The molecule has 0 unspecified atom stereocenters. The lowest BCUT2D eigenvalue weighted by molar-refractivity contribution is 0.102. The van der Waals surface area contributed by atoms with Gasteiger partial charge in [-0.25, -0.2) is 0 Å². The topological polar surface area (TPSA) is 56.1 Å². The lowest BCUT2D eigenvalue weighted by Crippen LogP contribution is -2.14. The number of unbranched alkanes of at least 4 members (excludes halogenated alkanes) is 1. The van der Waals surface area contributed by atoms with Gasteiger partial charge < -0.3 is 10.1 Å². The summed E-state index contributed by atoms with van der Waals surface area (Å²) in [6.45, 7) is 4.63. The van der Waals surface area contributed by atoms with E-state index in [1.165, 1.54) is 0 Å². The van der Waals surface area contributed by atoms with E-state index in [4.69, 9.17) is 4.74 Å². The molecule has 112 valence electrons. The second-order valence-electron chi connectivity index (χ2n) is 4.92. The van der Waals surface area contributed by atoms with Gasteiger partial charge in [-0.2, -0.15) is 5.10 Å². The molecule has 0 bridgehead atoms. The number of nitrogens with zero attached hydrogens (tertiary/aromatic N) is 2. The molecular formula is C16H21N3O2. The van der Waals surface area contributed by atoms with Gasteiger partial charge in [0.25, 0.3) is 5.91 Å². The molecule has 0 aliphatic heterocycles. The Labute approximate surface area is 124 Å². The van der Waals surface area contributed by atoms with E-state index in [1.54, 1.807) is 16.9 Å². The van der Waals surface area contributed by atoms with Gasteiger partial charge in [0.15, 0.2) is 0 Å². The molecule has 1 aromatic carbocycles. The van der Waals surface area contributed by atoms with E-state index in [2.05, 4.69) is 17.3 Å². The highest BCUT2D eigenvalue weighted by Gasteiger charge is 2.14. The predicted molar refractivity (Wildman–Crippen MR) is 82.7 cm³/mol. The first kappa shape index (κ1) is 15.1. The lowest BCUT2D eigenvalue weighted by atomic mass is 10.2. The summed E-state index contributed by atoms with van der Waals surface area (Å²) in [4.78, 5) is 12.4. The van der Waals surface area contributed by atoms with Crippen molar-refractivity contribution >= 4 is 11.6 Å². The van der Waals surface area contributed by atoms with Gasteiger partial charge in [0.2, 0.25) is 0 Å². The van der Waals surface area contributed by atoms with Crippen LogP contribution in [0, 0.1) is 6.92 Å². The fourth-order valence-corrected chi connectivity index (χ4v) is 1.92. The minimum atomic E-state index is -0.182. The number of carbonyl (C=O) groups is 1. The van der Waals surface area contributed by atoms with Gasteiger partial charge in [-0.05, 0) is 25.5 Å². The van der Waals surface area contributed by atoms with Crippen molar-refractivity contribution in [1.82, 2.24) is 9.78 Å². The van der Waals surface area contributed by atoms with Gasteiger partial charge in [-0.15, -0.1) is 0 Å². The van der Waals surface area contributed by atoms with Crippen LogP contribution in [0.1, 0.15) is 35.8 Å². The van der Waals surface area contributed by atoms with Crippen molar-refractivity contribution in [2.45, 2.75) is 26.7 Å². The van der Waals surface area contributed by atoms with Crippen LogP contribution in [0.25, 0.3) is 0 Å². The molecule has 2 aromatic rings. The first-order chi connectivity index (χ1) is 10.1. The number of carbonyl (C=O) groups excluding carboxylic acids is 1. The predicted octanol–water partition coefficient (Wildman–Crippen LogP) is 3.16. The van der Waals surface area contributed by atoms with Gasteiger partial charge in [0.05, 0.1) is 29.7 Å². The summed E-state index contributed by atoms with van der Waals surface area (Å²) < 4.78 is 7.41. The highest BCUT2D eigenvalue weighted by molar-refractivity contribution is 6.06. The molecule has 1 amide bonds. The summed E-state index contributed by atoms with van der Waals surface area (Å²) in [6.07, 6.45) is 3.68. The van der Waals surface area contributed by atoms with Crippen molar-refractivity contribution in [2.75, 3.05) is 11.9 Å². The van der Waals surface area contributed by atoms with Crippen molar-refractivity contribution in [3.8, 4) is 5.75 Å². The third-order valence-corrected chi connectivity index (χ3v) is 3.37. The van der Waals surface area contributed by atoms with Crippen molar-refractivity contribution in [3.05, 3.63) is 41.7 Å². The van der Waals surface area contributed by atoms with Gasteiger partial charge in [0, 0.05) is 7.05 Å². The highest BCUT2D eigenvalue weighted by atomic mass is 16.5. The molecule has 0 aliphatic carbocycles. The molecule has 1 N–H and O–H groups in total. The van der Waals surface area contributed by atoms with Gasteiger partial charge in [0.1, 0.15) is 5.75 Å². The Bertz CT molecular complexity index is 620. The number of rotatable bonds is 6. The average Bonchev–Trinajstić information content (AvgIpc) is 2.80. The fraction of sp³-hybridized carbons (Fsp3) is 0.375. The highest BCUT2D eigenvalue weighted by Crippen LogP contribution is 2.21. The standard InChI is InChI=1S/C16H21N3O2/c1-4-5-10-21-15-9-7-6-8-13(15)16(20)18-14-11-17-19(3)12(14)2/h6-9,11H,4-5,10H2,1-3H3,(H,18,20). The third kappa shape index (κ3) is 3.62. The zero-order valence-electron chi connectivity index (χ0n) is 12.7. The van der Waals surface area contributed by atoms with Gasteiger partial charge in [-0.3, -0.25) is 9.48 Å². The summed E-state index contributed by atoms with van der Waals surface area (Å²) in [5, 5.41) is 6.99. The SMILES string of the molecule is CCCCOc1ccccc1C(=O)Nc1cnn(C)c1C. The monoisotopic (exact) mass is 287 g/mol. The number of nitrogens with one attached hydrogen (secondary N) is 1. The molecule has 0 aliphatic rings. The minimum absolute atomic E-state index is 0.182. The Morgan fingerprint density at radius 2 is 2.14 bits per heavy atom. The number of benzene rings is 1. The number of hydrogen-bond donors (Lipinski definition) is 1. The molecule has 0 atom stereocenters. The molecule has 0 saturated heterocycles. The maximum Gasteiger partial charge on any atom is 0.259 e. The van der Waals surface area contributed by atoms with Crippen LogP contribution in [0.4, 0.5) is 5.69 Å². The van der Waals surface area contributed by atoms with Crippen LogP contribution >= 0.6 is 0 Å². The number of hydrogen-bond acceptors (Lipinski definition) is 3. The first-order valence-electron chi connectivity index (χ1n) is 7.15. The van der Waals surface area contributed by atoms with E-state index in [0.29, 0.717) is 23.6 Å². The number of amides is 1. The number of anilines is 1. The van der Waals surface area contributed by atoms with Crippen LogP contribution < -0.4 is 10.1 Å². The number of ether oxygens (including phenoxy) is 1. The average molecular weight is 287 g/mol. The Morgan fingerprint density at radius 1 is 1.38 bits per heavy atom. The normalized spacial score (nSPS) is 10.4. The van der Waals surface area contributed by atoms with Crippen molar-refractivity contribution in [2.24, 2.45) is 7.05 Å². The molecular weight excluding hydrogens is 266 g/mol. The molecule has 0 spiro atoms. The second kappa shape index (κ2) is 6.92. The molecule has 5 nitrogen and oxygen atoms in total. The van der Waals surface area contributed by atoms with E-state index in [9.17, 15) is 4.79 Å². The van der Waals surface area contributed by atoms with Crippen molar-refractivity contribution < 1.29 is 9.53 Å². The Morgan fingerprint density at radius 3 is 2.81 bits per heavy atom. The first-order valence-corrected chi connectivity index (χ1v) is 7.15. The summed E-state index contributed by atoms with van der Waals surface area (Å²) >= 11 is 0. The maximum atomic E-state index is 12.4. The third-order valence-electron chi connectivity index (χ3n) is 3.37. The van der Waals surface area contributed by atoms with Crippen LogP contribution in [-0.2, 0) is 7.05 Å². The zero-order chi connectivity index (χ0) is 15.2. The van der Waals surface area contributed by atoms with Gasteiger partial charge >= 0.3 is 0 Å². The summed E-state index contributed by atoms with van der Waals surface area (Å²) in [5.41, 5.74) is 2.16. The van der Waals surface area contributed by atoms with Crippen molar-refractivity contribution in [3.63, 3.8) is 0 Å². The smallest absolute Gasteiger partial charge is 0.259 e. The largest absolute Gasteiger partial charge is 0.493 e. The van der Waals surface area contributed by atoms with E-state index in [-0.39, 0.29) is 5.91 Å². The second-order valence-corrected chi connectivity index (χ2v) is 4.92. The summed E-state index contributed by atoms with van der Waals surface area (Å²) in [5.74, 6) is 0.434. The number of aryl methyl sites for hydroxylation is 1. The maximum absolute atomic E-state index is 12.4. The summed E-state index contributed by atoms with van der Waals surface area (Å²) in [6, 6.07) is 7.29. The summed E-state index contributed by atoms with van der Waals surface area (Å²) in [7, 11) is 1.84. The Kier molecular flexibility index (Phi) is 4.98. The van der Waals surface area contributed by atoms with E-state index < -0.39 is 0 Å². The molecule has 5 heteroatoms. The van der Waals surface area contributed by atoms with Crippen LogP contribution in [-0.4, -0.2) is 22.3 Å². The molecule has 0 fully saturated rings. The van der Waals surface area contributed by atoms with Crippen molar-refractivity contribution in [1.29, 1.82) is 0 Å².